The van der Waals surface area contributed by atoms with Crippen LogP contribution in [-0.4, -0.2) is 51.4 Å². The fourth-order valence-corrected chi connectivity index (χ4v) is 4.16. The lowest BCUT2D eigenvalue weighted by atomic mass is 10.0. The van der Waals surface area contributed by atoms with E-state index in [9.17, 15) is 4.79 Å². The Morgan fingerprint density at radius 1 is 1.08 bits per heavy atom. The summed E-state index contributed by atoms with van der Waals surface area (Å²) in [6, 6.07) is 16.7. The number of nitrogens with zero attached hydrogens (tertiary/aromatic N) is 3. The van der Waals surface area contributed by atoms with Gasteiger partial charge in [0.1, 0.15) is 34.4 Å². The molecular formula is C27H30ClN5O3. The number of halogens is 1. The van der Waals surface area contributed by atoms with E-state index < -0.39 is 5.60 Å². The molecule has 2 aromatic carbocycles. The number of aromatic nitrogens is 2. The summed E-state index contributed by atoms with van der Waals surface area (Å²) in [5.41, 5.74) is 0.690. The van der Waals surface area contributed by atoms with Gasteiger partial charge >= 0.3 is 6.09 Å². The molecule has 0 bridgehead atoms. The minimum absolute atomic E-state index is 0.0644. The predicted octanol–water partition coefficient (Wildman–Crippen LogP) is 6.15. The third-order valence-electron chi connectivity index (χ3n) is 5.59. The Balaban J connectivity index is 1.48. The molecule has 1 saturated heterocycles. The summed E-state index contributed by atoms with van der Waals surface area (Å²) < 4.78 is 11.4. The molecule has 2 heterocycles. The van der Waals surface area contributed by atoms with E-state index in [1.807, 2.05) is 63.2 Å². The van der Waals surface area contributed by atoms with Gasteiger partial charge in [-0.15, -0.1) is 0 Å². The van der Waals surface area contributed by atoms with Crippen LogP contribution in [0.15, 0.2) is 60.9 Å². The first-order valence-corrected chi connectivity index (χ1v) is 12.2. The van der Waals surface area contributed by atoms with Crippen molar-refractivity contribution >= 4 is 29.2 Å². The minimum Gasteiger partial charge on any atom is -0.457 e. The normalized spacial score (nSPS) is 15.8. The van der Waals surface area contributed by atoms with Crippen LogP contribution in [-0.2, 0) is 4.74 Å². The minimum atomic E-state index is -0.554. The number of carbonyl (C=O) groups excluding carboxylic acids is 1. The molecule has 1 aliphatic heterocycles. The van der Waals surface area contributed by atoms with Crippen molar-refractivity contribution < 1.29 is 14.3 Å². The molecular weight excluding hydrogens is 478 g/mol. The summed E-state index contributed by atoms with van der Waals surface area (Å²) in [6.07, 6.45) is 2.71. The van der Waals surface area contributed by atoms with Crippen LogP contribution in [0.25, 0.3) is 0 Å². The number of ether oxygens (including phenoxy) is 2. The van der Waals surface area contributed by atoms with Crippen molar-refractivity contribution in [1.82, 2.24) is 14.9 Å². The zero-order valence-corrected chi connectivity index (χ0v) is 21.4. The van der Waals surface area contributed by atoms with E-state index in [0.29, 0.717) is 35.8 Å². The van der Waals surface area contributed by atoms with Crippen molar-refractivity contribution in [3.8, 4) is 11.5 Å². The number of para-hydroxylation sites is 1. The maximum atomic E-state index is 12.6. The number of carbonyl (C=O) groups is 1. The van der Waals surface area contributed by atoms with Gasteiger partial charge < -0.3 is 19.7 Å². The second-order valence-corrected chi connectivity index (χ2v) is 9.97. The SMILES string of the molecule is CC(C)(C)OC(=O)N1CCC[C@@H](Nc2ncnc(Cl)c2C(=N)c2ccc(Oc3ccccc3)cc2)C1. The number of rotatable bonds is 6. The van der Waals surface area contributed by atoms with Crippen molar-refractivity contribution in [1.29, 1.82) is 5.41 Å². The molecule has 2 N–H and O–H groups in total. The van der Waals surface area contributed by atoms with Crippen molar-refractivity contribution in [2.24, 2.45) is 0 Å². The molecule has 0 saturated carbocycles. The summed E-state index contributed by atoms with van der Waals surface area (Å²) in [5, 5.41) is 12.4. The molecule has 9 heteroatoms. The number of amides is 1. The van der Waals surface area contributed by atoms with E-state index >= 15 is 0 Å². The van der Waals surface area contributed by atoms with E-state index in [1.165, 1.54) is 6.33 Å². The summed E-state index contributed by atoms with van der Waals surface area (Å²) >= 11 is 6.44. The van der Waals surface area contributed by atoms with Crippen molar-refractivity contribution in [2.45, 2.75) is 45.3 Å². The Labute approximate surface area is 216 Å². The van der Waals surface area contributed by atoms with Gasteiger partial charge in [-0.3, -0.25) is 5.41 Å². The largest absolute Gasteiger partial charge is 0.457 e. The van der Waals surface area contributed by atoms with Crippen LogP contribution in [0.1, 0.15) is 44.7 Å². The Morgan fingerprint density at radius 2 is 1.78 bits per heavy atom. The van der Waals surface area contributed by atoms with E-state index in [2.05, 4.69) is 15.3 Å². The number of nitrogens with one attached hydrogen (secondary N) is 2. The number of piperidine rings is 1. The molecule has 36 heavy (non-hydrogen) atoms. The fraction of sp³-hybridized carbons (Fsp3) is 0.333. The summed E-state index contributed by atoms with van der Waals surface area (Å²) in [6.45, 7) is 6.66. The molecule has 1 amide bonds. The molecule has 0 aliphatic carbocycles. The van der Waals surface area contributed by atoms with Gasteiger partial charge in [-0.1, -0.05) is 29.8 Å². The molecule has 1 fully saturated rings. The first-order valence-electron chi connectivity index (χ1n) is 11.9. The first-order chi connectivity index (χ1) is 17.2. The van der Waals surface area contributed by atoms with Gasteiger partial charge in [-0.05, 0) is 70.0 Å². The number of anilines is 1. The van der Waals surface area contributed by atoms with Crippen LogP contribution in [0, 0.1) is 5.41 Å². The van der Waals surface area contributed by atoms with Crippen LogP contribution in [0.5, 0.6) is 11.5 Å². The second-order valence-electron chi connectivity index (χ2n) is 9.61. The van der Waals surface area contributed by atoms with E-state index in [-0.39, 0.29) is 23.0 Å². The second kappa shape index (κ2) is 11.0. The maximum Gasteiger partial charge on any atom is 0.410 e. The van der Waals surface area contributed by atoms with E-state index in [4.69, 9.17) is 26.5 Å². The van der Waals surface area contributed by atoms with Gasteiger partial charge in [-0.25, -0.2) is 14.8 Å². The monoisotopic (exact) mass is 507 g/mol. The highest BCUT2D eigenvalue weighted by molar-refractivity contribution is 6.35. The van der Waals surface area contributed by atoms with Gasteiger partial charge in [0.2, 0.25) is 0 Å². The van der Waals surface area contributed by atoms with Gasteiger partial charge in [0, 0.05) is 24.7 Å². The van der Waals surface area contributed by atoms with Crippen molar-refractivity contribution in [3.63, 3.8) is 0 Å². The van der Waals surface area contributed by atoms with Crippen LogP contribution < -0.4 is 10.1 Å². The summed E-state index contributed by atoms with van der Waals surface area (Å²) in [4.78, 5) is 22.7. The molecule has 8 nitrogen and oxygen atoms in total. The van der Waals surface area contributed by atoms with Gasteiger partial charge in [0.25, 0.3) is 0 Å². The summed E-state index contributed by atoms with van der Waals surface area (Å²) in [7, 11) is 0. The zero-order chi connectivity index (χ0) is 25.7. The van der Waals surface area contributed by atoms with E-state index in [0.717, 1.165) is 18.6 Å². The number of hydrogen-bond donors (Lipinski definition) is 2. The Bertz CT molecular complexity index is 1210. The molecule has 1 atom stereocenters. The number of benzene rings is 2. The highest BCUT2D eigenvalue weighted by Crippen LogP contribution is 2.27. The van der Waals surface area contributed by atoms with E-state index in [1.54, 1.807) is 17.0 Å². The standard InChI is InChI=1S/C27H30ClN5O3/c1-27(2,3)36-26(34)33-15-7-8-19(16-33)32-25-22(24(28)30-17-31-25)23(29)18-11-13-21(14-12-18)35-20-9-5-4-6-10-20/h4-6,9-14,17,19,29H,7-8,15-16H2,1-3H3,(H,30,31,32)/t19-/m1/s1. The maximum absolute atomic E-state index is 12.6. The van der Waals surface area contributed by atoms with Gasteiger partial charge in [-0.2, -0.15) is 0 Å². The lowest BCUT2D eigenvalue weighted by molar-refractivity contribution is 0.0206. The molecule has 0 radical (unpaired) electrons. The molecule has 1 aliphatic rings. The highest BCUT2D eigenvalue weighted by atomic mass is 35.5. The molecule has 4 rings (SSSR count). The topological polar surface area (TPSA) is 100 Å². The fourth-order valence-electron chi connectivity index (χ4n) is 3.93. The number of likely N-dealkylation sites (tertiary alicyclic amines) is 1. The quantitative estimate of drug-likeness (QED) is 0.306. The third-order valence-corrected chi connectivity index (χ3v) is 5.87. The number of hydrogen-bond acceptors (Lipinski definition) is 7. The Kier molecular flexibility index (Phi) is 7.74. The zero-order valence-electron chi connectivity index (χ0n) is 20.6. The Morgan fingerprint density at radius 3 is 2.47 bits per heavy atom. The van der Waals surface area contributed by atoms with Crippen LogP contribution in [0.4, 0.5) is 10.6 Å². The van der Waals surface area contributed by atoms with Crippen LogP contribution in [0.2, 0.25) is 5.15 Å². The molecule has 1 aromatic heterocycles. The van der Waals surface area contributed by atoms with Crippen LogP contribution in [0.3, 0.4) is 0 Å². The van der Waals surface area contributed by atoms with Gasteiger partial charge in [0.15, 0.2) is 0 Å². The van der Waals surface area contributed by atoms with Gasteiger partial charge in [0.05, 0.1) is 11.3 Å². The molecule has 0 spiro atoms. The average molecular weight is 508 g/mol. The highest BCUT2D eigenvalue weighted by Gasteiger charge is 2.29. The third kappa shape index (κ3) is 6.51. The molecule has 3 aromatic rings. The van der Waals surface area contributed by atoms with Crippen LogP contribution >= 0.6 is 11.6 Å². The molecule has 188 valence electrons. The van der Waals surface area contributed by atoms with Crippen molar-refractivity contribution in [3.05, 3.63) is 77.2 Å². The first kappa shape index (κ1) is 25.4. The lowest BCUT2D eigenvalue weighted by Crippen LogP contribution is -2.47. The average Bonchev–Trinajstić information content (AvgIpc) is 2.84. The molecule has 0 unspecified atom stereocenters. The predicted molar refractivity (Wildman–Crippen MR) is 140 cm³/mol. The Hall–Kier alpha value is -3.65. The van der Waals surface area contributed by atoms with Crippen molar-refractivity contribution in [2.75, 3.05) is 18.4 Å². The smallest absolute Gasteiger partial charge is 0.410 e. The lowest BCUT2D eigenvalue weighted by Gasteiger charge is -2.34. The summed E-state index contributed by atoms with van der Waals surface area (Å²) in [5.74, 6) is 1.86.